The maximum absolute atomic E-state index is 12.0. The Morgan fingerprint density at radius 3 is 2.47 bits per heavy atom. The molecule has 0 unspecified atom stereocenters. The molecule has 0 aromatic heterocycles. The smallest absolute Gasteiger partial charge is 0.325 e. The third kappa shape index (κ3) is 6.69. The monoisotopic (exact) mass is 413 g/mol. The zero-order valence-electron chi connectivity index (χ0n) is 16.7. The second-order valence-corrected chi connectivity index (χ2v) is 6.63. The average molecular weight is 413 g/mol. The Labute approximate surface area is 173 Å². The number of ether oxygens (including phenoxy) is 1. The van der Waals surface area contributed by atoms with E-state index in [2.05, 4.69) is 24.5 Å². The number of esters is 1. The van der Waals surface area contributed by atoms with Gasteiger partial charge in [-0.05, 0) is 36.1 Å². The highest BCUT2D eigenvalue weighted by Gasteiger charge is 2.14. The summed E-state index contributed by atoms with van der Waals surface area (Å²) in [5, 5.41) is 15.7. The lowest BCUT2D eigenvalue weighted by atomic mass is 9.99. The lowest BCUT2D eigenvalue weighted by Gasteiger charge is -2.11. The molecule has 2 aromatic carbocycles. The van der Waals surface area contributed by atoms with Crippen molar-refractivity contribution >= 4 is 29.2 Å². The first-order valence-corrected chi connectivity index (χ1v) is 9.38. The number of hydrogen-bond acceptors (Lipinski definition) is 6. The number of nitrogens with one attached hydrogen (secondary N) is 2. The second-order valence-electron chi connectivity index (χ2n) is 6.63. The van der Waals surface area contributed by atoms with E-state index in [1.54, 1.807) is 12.1 Å². The zero-order chi connectivity index (χ0) is 22.1. The molecule has 1 atom stereocenters. The molecule has 0 spiro atoms. The van der Waals surface area contributed by atoms with E-state index in [0.717, 1.165) is 12.5 Å². The molecule has 0 aliphatic rings. The number of amides is 2. The summed E-state index contributed by atoms with van der Waals surface area (Å²) in [6.45, 7) is 3.24. The van der Waals surface area contributed by atoms with Crippen molar-refractivity contribution in [2.24, 2.45) is 0 Å². The Hall–Kier alpha value is -3.75. The number of rotatable bonds is 9. The van der Waals surface area contributed by atoms with E-state index in [9.17, 15) is 24.5 Å². The number of anilines is 1. The Morgan fingerprint density at radius 1 is 1.13 bits per heavy atom. The van der Waals surface area contributed by atoms with Crippen LogP contribution in [-0.2, 0) is 14.3 Å². The Bertz CT molecular complexity index is 927. The maximum atomic E-state index is 12.0. The number of nitro groups is 1. The van der Waals surface area contributed by atoms with Crippen LogP contribution < -0.4 is 10.6 Å². The van der Waals surface area contributed by atoms with E-state index in [1.165, 1.54) is 23.8 Å². The standard InChI is InChI=1S/C21H23N3O6/c1-3-14(2)15-7-9-17(10-8-15)23-19(25)13-30-20(26)12-22-21(27)16-5-4-6-18(11-16)24(28)29/h4-11,14H,3,12-13H2,1-2H3,(H,22,27)(H,23,25)/t14-/m1/s1. The van der Waals surface area contributed by atoms with Crippen LogP contribution in [0.25, 0.3) is 0 Å². The van der Waals surface area contributed by atoms with Gasteiger partial charge in [0.05, 0.1) is 4.92 Å². The molecule has 0 bridgehead atoms. The molecule has 0 aliphatic carbocycles. The topological polar surface area (TPSA) is 128 Å². The summed E-state index contributed by atoms with van der Waals surface area (Å²) in [6, 6.07) is 12.5. The van der Waals surface area contributed by atoms with E-state index in [-0.39, 0.29) is 11.3 Å². The number of hydrogen-bond donors (Lipinski definition) is 2. The molecule has 2 N–H and O–H groups in total. The largest absolute Gasteiger partial charge is 0.454 e. The van der Waals surface area contributed by atoms with Gasteiger partial charge in [-0.1, -0.05) is 32.0 Å². The summed E-state index contributed by atoms with van der Waals surface area (Å²) < 4.78 is 4.83. The highest BCUT2D eigenvalue weighted by Crippen LogP contribution is 2.20. The summed E-state index contributed by atoms with van der Waals surface area (Å²) in [6.07, 6.45) is 1.01. The van der Waals surface area contributed by atoms with Crippen LogP contribution in [0, 0.1) is 10.1 Å². The molecule has 0 fully saturated rings. The van der Waals surface area contributed by atoms with Crippen LogP contribution in [0.3, 0.4) is 0 Å². The predicted molar refractivity (Wildman–Crippen MR) is 110 cm³/mol. The molecule has 0 saturated heterocycles. The Morgan fingerprint density at radius 2 is 1.83 bits per heavy atom. The number of non-ortho nitro benzene ring substituents is 1. The summed E-state index contributed by atoms with van der Waals surface area (Å²) in [5.41, 5.74) is 1.55. The van der Waals surface area contributed by atoms with E-state index in [1.807, 2.05) is 12.1 Å². The van der Waals surface area contributed by atoms with Crippen LogP contribution in [0.1, 0.15) is 42.1 Å². The third-order valence-electron chi connectivity index (χ3n) is 4.45. The highest BCUT2D eigenvalue weighted by atomic mass is 16.6. The molecule has 2 aromatic rings. The molecular formula is C21H23N3O6. The minimum absolute atomic E-state index is 0.0376. The number of carbonyl (C=O) groups is 3. The van der Waals surface area contributed by atoms with Crippen molar-refractivity contribution in [1.29, 1.82) is 0 Å². The van der Waals surface area contributed by atoms with Crippen molar-refractivity contribution in [2.45, 2.75) is 26.2 Å². The molecule has 0 radical (unpaired) electrons. The van der Waals surface area contributed by atoms with Gasteiger partial charge >= 0.3 is 5.97 Å². The fourth-order valence-electron chi connectivity index (χ4n) is 2.54. The number of benzene rings is 2. The van der Waals surface area contributed by atoms with Gasteiger partial charge in [0.2, 0.25) is 0 Å². The average Bonchev–Trinajstić information content (AvgIpc) is 2.76. The first-order valence-electron chi connectivity index (χ1n) is 9.38. The second kappa shape index (κ2) is 10.7. The number of nitro benzene ring substituents is 1. The summed E-state index contributed by atoms with van der Waals surface area (Å²) in [7, 11) is 0. The van der Waals surface area contributed by atoms with Crippen LogP contribution in [-0.4, -0.2) is 35.9 Å². The molecule has 0 saturated carbocycles. The quantitative estimate of drug-likeness (QED) is 0.369. The van der Waals surface area contributed by atoms with Crippen molar-refractivity contribution in [3.8, 4) is 0 Å². The minimum atomic E-state index is -0.809. The summed E-state index contributed by atoms with van der Waals surface area (Å²) in [5.74, 6) is -1.56. The molecule has 9 heteroatoms. The zero-order valence-corrected chi connectivity index (χ0v) is 16.7. The van der Waals surface area contributed by atoms with E-state index in [0.29, 0.717) is 11.6 Å². The van der Waals surface area contributed by atoms with Crippen molar-refractivity contribution in [3.05, 3.63) is 69.8 Å². The van der Waals surface area contributed by atoms with Crippen molar-refractivity contribution < 1.29 is 24.0 Å². The fraction of sp³-hybridized carbons (Fsp3) is 0.286. The van der Waals surface area contributed by atoms with Crippen LogP contribution in [0.15, 0.2) is 48.5 Å². The van der Waals surface area contributed by atoms with Gasteiger partial charge in [-0.15, -0.1) is 0 Å². The van der Waals surface area contributed by atoms with Crippen LogP contribution >= 0.6 is 0 Å². The normalized spacial score (nSPS) is 11.3. The summed E-state index contributed by atoms with van der Waals surface area (Å²) in [4.78, 5) is 45.8. The molecule has 2 amide bonds. The van der Waals surface area contributed by atoms with Crippen LogP contribution in [0.4, 0.5) is 11.4 Å². The van der Waals surface area contributed by atoms with Crippen molar-refractivity contribution in [1.82, 2.24) is 5.32 Å². The van der Waals surface area contributed by atoms with E-state index in [4.69, 9.17) is 4.74 Å². The Balaban J connectivity index is 1.76. The summed E-state index contributed by atoms with van der Waals surface area (Å²) >= 11 is 0. The van der Waals surface area contributed by atoms with Gasteiger partial charge < -0.3 is 15.4 Å². The molecule has 158 valence electrons. The van der Waals surface area contributed by atoms with Gasteiger partial charge in [0.1, 0.15) is 6.54 Å². The van der Waals surface area contributed by atoms with Gasteiger partial charge in [0.25, 0.3) is 17.5 Å². The van der Waals surface area contributed by atoms with Gasteiger partial charge in [0.15, 0.2) is 6.61 Å². The van der Waals surface area contributed by atoms with Gasteiger partial charge in [0, 0.05) is 23.4 Å². The van der Waals surface area contributed by atoms with Gasteiger partial charge in [-0.3, -0.25) is 24.5 Å². The van der Waals surface area contributed by atoms with Gasteiger partial charge in [-0.2, -0.15) is 0 Å². The number of carbonyl (C=O) groups excluding carboxylic acids is 3. The lowest BCUT2D eigenvalue weighted by molar-refractivity contribution is -0.384. The molecular weight excluding hydrogens is 390 g/mol. The third-order valence-corrected chi connectivity index (χ3v) is 4.45. The Kier molecular flexibility index (Phi) is 8.04. The van der Waals surface area contributed by atoms with Crippen LogP contribution in [0.5, 0.6) is 0 Å². The maximum Gasteiger partial charge on any atom is 0.325 e. The SMILES string of the molecule is CC[C@@H](C)c1ccc(NC(=O)COC(=O)CNC(=O)c2cccc([N+](=O)[O-])c2)cc1. The molecule has 9 nitrogen and oxygen atoms in total. The first kappa shape index (κ1) is 22.5. The molecule has 0 aliphatic heterocycles. The molecule has 2 rings (SSSR count). The minimum Gasteiger partial charge on any atom is -0.454 e. The lowest BCUT2D eigenvalue weighted by Crippen LogP contribution is -2.32. The van der Waals surface area contributed by atoms with Crippen molar-refractivity contribution in [3.63, 3.8) is 0 Å². The predicted octanol–water partition coefficient (Wildman–Crippen LogP) is 3.02. The highest BCUT2D eigenvalue weighted by molar-refractivity contribution is 5.97. The van der Waals surface area contributed by atoms with Gasteiger partial charge in [-0.25, -0.2) is 0 Å². The molecule has 0 heterocycles. The number of nitrogens with zero attached hydrogens (tertiary/aromatic N) is 1. The fourth-order valence-corrected chi connectivity index (χ4v) is 2.54. The molecule has 30 heavy (non-hydrogen) atoms. The van der Waals surface area contributed by atoms with Crippen molar-refractivity contribution in [2.75, 3.05) is 18.5 Å². The van der Waals surface area contributed by atoms with Crippen LogP contribution in [0.2, 0.25) is 0 Å². The first-order chi connectivity index (χ1) is 14.3. The van der Waals surface area contributed by atoms with E-state index >= 15 is 0 Å². The van der Waals surface area contributed by atoms with E-state index < -0.39 is 35.9 Å².